The van der Waals surface area contributed by atoms with Gasteiger partial charge in [0, 0.05) is 5.69 Å². The fourth-order valence-corrected chi connectivity index (χ4v) is 3.28. The SMILES string of the molecule is COc1ccc(N2CC[NH+](CC(=O)Nc3ccc(F)cc3Cl)CC2)cc1. The number of carbonyl (C=O) groups is 1. The van der Waals surface area contributed by atoms with Crippen molar-refractivity contribution in [2.45, 2.75) is 0 Å². The van der Waals surface area contributed by atoms with E-state index in [1.807, 2.05) is 24.3 Å². The van der Waals surface area contributed by atoms with Gasteiger partial charge in [0.05, 0.1) is 44.0 Å². The van der Waals surface area contributed by atoms with Gasteiger partial charge in [-0.05, 0) is 42.5 Å². The number of amides is 1. The number of benzene rings is 2. The lowest BCUT2D eigenvalue weighted by Gasteiger charge is -2.33. The van der Waals surface area contributed by atoms with Crippen LogP contribution in [-0.2, 0) is 4.79 Å². The smallest absolute Gasteiger partial charge is 0.279 e. The average Bonchev–Trinajstić information content (AvgIpc) is 2.65. The predicted molar refractivity (Wildman–Crippen MR) is 101 cm³/mol. The Morgan fingerprint density at radius 2 is 1.92 bits per heavy atom. The maximum absolute atomic E-state index is 13.1. The van der Waals surface area contributed by atoms with Crippen LogP contribution in [0.3, 0.4) is 0 Å². The highest BCUT2D eigenvalue weighted by Crippen LogP contribution is 2.22. The fourth-order valence-electron chi connectivity index (χ4n) is 3.06. The van der Waals surface area contributed by atoms with Crippen LogP contribution < -0.4 is 19.9 Å². The van der Waals surface area contributed by atoms with E-state index < -0.39 is 5.82 Å². The number of nitrogens with one attached hydrogen (secondary N) is 2. The van der Waals surface area contributed by atoms with Crippen molar-refractivity contribution < 1.29 is 18.8 Å². The molecule has 1 heterocycles. The molecule has 138 valence electrons. The highest BCUT2D eigenvalue weighted by molar-refractivity contribution is 6.33. The van der Waals surface area contributed by atoms with E-state index in [9.17, 15) is 9.18 Å². The van der Waals surface area contributed by atoms with Crippen LogP contribution in [0, 0.1) is 5.82 Å². The Morgan fingerprint density at radius 3 is 2.54 bits per heavy atom. The number of methoxy groups -OCH3 is 1. The summed E-state index contributed by atoms with van der Waals surface area (Å²) in [5.41, 5.74) is 1.60. The molecule has 2 aromatic rings. The molecule has 1 saturated heterocycles. The maximum atomic E-state index is 13.1. The third-order valence-corrected chi connectivity index (χ3v) is 4.84. The van der Waals surface area contributed by atoms with E-state index in [0.29, 0.717) is 12.2 Å². The number of carbonyl (C=O) groups excluding carboxylic acids is 1. The van der Waals surface area contributed by atoms with Gasteiger partial charge in [0.15, 0.2) is 6.54 Å². The summed E-state index contributed by atoms with van der Waals surface area (Å²) >= 11 is 5.95. The molecule has 1 aliphatic heterocycles. The number of hydrogen-bond donors (Lipinski definition) is 2. The van der Waals surface area contributed by atoms with E-state index in [2.05, 4.69) is 10.2 Å². The molecular formula is C19H22ClFN3O2+. The second kappa shape index (κ2) is 8.38. The number of piperazine rings is 1. The Kier molecular flexibility index (Phi) is 5.96. The molecule has 0 saturated carbocycles. The molecule has 5 nitrogen and oxygen atoms in total. The average molecular weight is 379 g/mol. The molecule has 2 N–H and O–H groups in total. The van der Waals surface area contributed by atoms with E-state index in [0.717, 1.165) is 37.6 Å². The molecule has 0 aliphatic carbocycles. The van der Waals surface area contributed by atoms with Crippen molar-refractivity contribution in [3.8, 4) is 5.75 Å². The quantitative estimate of drug-likeness (QED) is 0.834. The number of anilines is 2. The predicted octanol–water partition coefficient (Wildman–Crippen LogP) is 1.83. The van der Waals surface area contributed by atoms with Gasteiger partial charge in [-0.15, -0.1) is 0 Å². The Bertz CT molecular complexity index is 762. The normalized spacial score (nSPS) is 15.0. The standard InChI is InChI=1S/C19H21ClFN3O2/c1-26-16-5-3-15(4-6-16)24-10-8-23(9-11-24)13-19(25)22-18-7-2-14(21)12-17(18)20/h2-7,12H,8-11,13H2,1H3,(H,22,25)/p+1. The van der Waals surface area contributed by atoms with Crippen molar-refractivity contribution in [2.75, 3.05) is 50.1 Å². The summed E-state index contributed by atoms with van der Waals surface area (Å²) in [6, 6.07) is 12.0. The first-order chi connectivity index (χ1) is 12.5. The van der Waals surface area contributed by atoms with Crippen LogP contribution in [0.15, 0.2) is 42.5 Å². The molecule has 0 spiro atoms. The topological polar surface area (TPSA) is 46.0 Å². The number of nitrogens with zero attached hydrogens (tertiary/aromatic N) is 1. The summed E-state index contributed by atoms with van der Waals surface area (Å²) in [5, 5.41) is 2.96. The molecule has 26 heavy (non-hydrogen) atoms. The lowest BCUT2D eigenvalue weighted by atomic mass is 10.2. The minimum Gasteiger partial charge on any atom is -0.497 e. The number of quaternary nitrogens is 1. The van der Waals surface area contributed by atoms with Gasteiger partial charge in [-0.1, -0.05) is 11.6 Å². The second-order valence-electron chi connectivity index (χ2n) is 6.28. The van der Waals surface area contributed by atoms with E-state index in [-0.39, 0.29) is 10.9 Å². The second-order valence-corrected chi connectivity index (χ2v) is 6.69. The summed E-state index contributed by atoms with van der Waals surface area (Å²) in [7, 11) is 1.65. The van der Waals surface area contributed by atoms with Gasteiger partial charge in [0.1, 0.15) is 11.6 Å². The summed E-state index contributed by atoms with van der Waals surface area (Å²) < 4.78 is 18.2. The third-order valence-electron chi connectivity index (χ3n) is 4.52. The van der Waals surface area contributed by atoms with E-state index in [1.165, 1.54) is 23.1 Å². The minimum atomic E-state index is -0.423. The van der Waals surface area contributed by atoms with Crippen molar-refractivity contribution in [2.24, 2.45) is 0 Å². The summed E-state index contributed by atoms with van der Waals surface area (Å²) in [6.07, 6.45) is 0. The molecule has 0 atom stereocenters. The van der Waals surface area contributed by atoms with Gasteiger partial charge >= 0.3 is 0 Å². The van der Waals surface area contributed by atoms with Crippen molar-refractivity contribution in [1.29, 1.82) is 0 Å². The minimum absolute atomic E-state index is 0.119. The Morgan fingerprint density at radius 1 is 1.23 bits per heavy atom. The van der Waals surface area contributed by atoms with Gasteiger partial charge in [0.25, 0.3) is 5.91 Å². The van der Waals surface area contributed by atoms with Crippen molar-refractivity contribution in [3.63, 3.8) is 0 Å². The highest BCUT2D eigenvalue weighted by Gasteiger charge is 2.22. The van der Waals surface area contributed by atoms with Crippen LogP contribution in [0.1, 0.15) is 0 Å². The van der Waals surface area contributed by atoms with Crippen LogP contribution in [0.2, 0.25) is 5.02 Å². The molecule has 1 fully saturated rings. The molecule has 7 heteroatoms. The van der Waals surface area contributed by atoms with Gasteiger partial charge in [-0.25, -0.2) is 4.39 Å². The van der Waals surface area contributed by atoms with Gasteiger partial charge < -0.3 is 19.9 Å². The van der Waals surface area contributed by atoms with E-state index in [1.54, 1.807) is 7.11 Å². The number of ether oxygens (including phenoxy) is 1. The Balaban J connectivity index is 1.49. The zero-order valence-corrected chi connectivity index (χ0v) is 15.4. The largest absolute Gasteiger partial charge is 0.497 e. The van der Waals surface area contributed by atoms with Gasteiger partial charge in [-0.2, -0.15) is 0 Å². The number of hydrogen-bond acceptors (Lipinski definition) is 3. The van der Waals surface area contributed by atoms with Crippen molar-refractivity contribution >= 4 is 28.9 Å². The molecular weight excluding hydrogens is 357 g/mol. The van der Waals surface area contributed by atoms with Gasteiger partial charge in [-0.3, -0.25) is 4.79 Å². The first-order valence-corrected chi connectivity index (χ1v) is 8.90. The first kappa shape index (κ1) is 18.5. The zero-order valence-electron chi connectivity index (χ0n) is 14.6. The third kappa shape index (κ3) is 4.65. The highest BCUT2D eigenvalue weighted by atomic mass is 35.5. The molecule has 0 unspecified atom stereocenters. The molecule has 0 radical (unpaired) electrons. The fraction of sp³-hybridized carbons (Fsp3) is 0.316. The lowest BCUT2D eigenvalue weighted by molar-refractivity contribution is -0.892. The maximum Gasteiger partial charge on any atom is 0.279 e. The molecule has 0 bridgehead atoms. The van der Waals surface area contributed by atoms with Crippen LogP contribution in [-0.4, -0.2) is 45.7 Å². The number of rotatable bonds is 5. The monoisotopic (exact) mass is 378 g/mol. The first-order valence-electron chi connectivity index (χ1n) is 8.52. The van der Waals surface area contributed by atoms with Crippen LogP contribution >= 0.6 is 11.6 Å². The summed E-state index contributed by atoms with van der Waals surface area (Å²) in [5.74, 6) is 0.300. The van der Waals surface area contributed by atoms with Crippen LogP contribution in [0.25, 0.3) is 0 Å². The molecule has 3 rings (SSSR count). The molecule has 1 aliphatic rings. The van der Waals surface area contributed by atoms with Crippen molar-refractivity contribution in [1.82, 2.24) is 0 Å². The molecule has 1 amide bonds. The summed E-state index contributed by atoms with van der Waals surface area (Å²) in [4.78, 5) is 15.7. The van der Waals surface area contributed by atoms with Crippen LogP contribution in [0.4, 0.5) is 15.8 Å². The van der Waals surface area contributed by atoms with E-state index >= 15 is 0 Å². The van der Waals surface area contributed by atoms with E-state index in [4.69, 9.17) is 16.3 Å². The zero-order chi connectivity index (χ0) is 18.5. The lowest BCUT2D eigenvalue weighted by Crippen LogP contribution is -3.15. The molecule has 0 aromatic heterocycles. The van der Waals surface area contributed by atoms with Crippen molar-refractivity contribution in [3.05, 3.63) is 53.3 Å². The Hall–Kier alpha value is -2.31. The summed E-state index contributed by atoms with van der Waals surface area (Å²) in [6.45, 7) is 3.87. The van der Waals surface area contributed by atoms with Gasteiger partial charge in [0.2, 0.25) is 0 Å². The number of halogens is 2. The Labute approximate surface area is 157 Å². The van der Waals surface area contributed by atoms with Crippen LogP contribution in [0.5, 0.6) is 5.75 Å². The molecule has 2 aromatic carbocycles.